The summed E-state index contributed by atoms with van der Waals surface area (Å²) in [5.41, 5.74) is 3.29. The zero-order valence-electron chi connectivity index (χ0n) is 11.7. The molecule has 1 aliphatic heterocycles. The molecule has 0 spiro atoms. The van der Waals surface area contributed by atoms with Crippen molar-refractivity contribution in [3.63, 3.8) is 0 Å². The molecule has 1 saturated heterocycles. The normalized spacial score (nSPS) is 18.5. The third-order valence-corrected chi connectivity index (χ3v) is 4.92. The predicted molar refractivity (Wildman–Crippen MR) is 91.0 cm³/mol. The number of carbonyl (C=O) groups excluding carboxylic acids is 1. The highest BCUT2D eigenvalue weighted by atomic mass is 32.2. The number of aryl methyl sites for hydroxylation is 2. The van der Waals surface area contributed by atoms with E-state index in [0.717, 1.165) is 10.6 Å². The number of aliphatic imine (C=N–C) groups is 1. The molecule has 1 aromatic heterocycles. The Kier molecular flexibility index (Phi) is 3.94. The van der Waals surface area contributed by atoms with Crippen LogP contribution in [0, 0.1) is 13.8 Å². The molecule has 5 heteroatoms. The first-order chi connectivity index (χ1) is 10.1. The van der Waals surface area contributed by atoms with Gasteiger partial charge in [-0.05, 0) is 66.4 Å². The largest absolute Gasteiger partial charge is 0.300 e. The van der Waals surface area contributed by atoms with Crippen LogP contribution in [0.1, 0.15) is 16.0 Å². The van der Waals surface area contributed by atoms with Gasteiger partial charge in [-0.2, -0.15) is 0 Å². The minimum Gasteiger partial charge on any atom is -0.300 e. The highest BCUT2D eigenvalue weighted by molar-refractivity contribution is 8.18. The molecule has 1 aromatic carbocycles. The molecule has 1 N–H and O–H groups in total. The number of nitrogens with zero attached hydrogens (tertiary/aromatic N) is 1. The van der Waals surface area contributed by atoms with Crippen LogP contribution in [0.3, 0.4) is 0 Å². The summed E-state index contributed by atoms with van der Waals surface area (Å²) in [6.07, 6.45) is 1.90. The van der Waals surface area contributed by atoms with E-state index in [1.165, 1.54) is 22.9 Å². The Balaban J connectivity index is 1.83. The molecule has 2 aromatic rings. The molecule has 0 bridgehead atoms. The summed E-state index contributed by atoms with van der Waals surface area (Å²) in [5.74, 6) is -0.0871. The van der Waals surface area contributed by atoms with Crippen LogP contribution in [-0.2, 0) is 4.79 Å². The Hall–Kier alpha value is -1.85. The molecule has 0 aliphatic carbocycles. The number of rotatable bonds is 2. The smallest absolute Gasteiger partial charge is 0.264 e. The van der Waals surface area contributed by atoms with Gasteiger partial charge in [-0.1, -0.05) is 12.1 Å². The van der Waals surface area contributed by atoms with E-state index in [1.807, 2.05) is 41.8 Å². The van der Waals surface area contributed by atoms with Crippen molar-refractivity contribution in [3.05, 3.63) is 56.6 Å². The molecule has 0 radical (unpaired) electrons. The lowest BCUT2D eigenvalue weighted by Gasteiger charge is -2.01. The van der Waals surface area contributed by atoms with E-state index in [4.69, 9.17) is 0 Å². The maximum atomic E-state index is 11.9. The van der Waals surface area contributed by atoms with Gasteiger partial charge in [-0.15, -0.1) is 11.3 Å². The zero-order chi connectivity index (χ0) is 14.8. The predicted octanol–water partition coefficient (Wildman–Crippen LogP) is 4.26. The molecular formula is C16H14N2OS2. The van der Waals surface area contributed by atoms with Gasteiger partial charge in [-0.3, -0.25) is 4.79 Å². The van der Waals surface area contributed by atoms with E-state index in [2.05, 4.69) is 24.2 Å². The van der Waals surface area contributed by atoms with Crippen LogP contribution in [0.15, 0.2) is 45.6 Å². The molecule has 0 unspecified atom stereocenters. The molecule has 106 valence electrons. The van der Waals surface area contributed by atoms with Gasteiger partial charge in [0.15, 0.2) is 5.17 Å². The number of hydrogen-bond donors (Lipinski definition) is 1. The molecule has 0 saturated carbocycles. The first-order valence-electron chi connectivity index (χ1n) is 6.52. The van der Waals surface area contributed by atoms with E-state index < -0.39 is 0 Å². The molecule has 1 amide bonds. The fourth-order valence-corrected chi connectivity index (χ4v) is 3.46. The number of amidine groups is 1. The maximum absolute atomic E-state index is 11.9. The van der Waals surface area contributed by atoms with Gasteiger partial charge < -0.3 is 5.32 Å². The molecule has 21 heavy (non-hydrogen) atoms. The van der Waals surface area contributed by atoms with E-state index in [9.17, 15) is 4.79 Å². The maximum Gasteiger partial charge on any atom is 0.264 e. The second-order valence-electron chi connectivity index (χ2n) is 4.77. The molecule has 1 fully saturated rings. The SMILES string of the molecule is Cc1ccc(N=C2NC(=O)/C(=C\c3cccs3)S2)cc1C. The van der Waals surface area contributed by atoms with Crippen LogP contribution in [0.4, 0.5) is 5.69 Å². The van der Waals surface area contributed by atoms with Crippen molar-refractivity contribution >= 4 is 45.9 Å². The van der Waals surface area contributed by atoms with Gasteiger partial charge >= 0.3 is 0 Å². The molecule has 1 aliphatic rings. The van der Waals surface area contributed by atoms with Crippen molar-refractivity contribution in [3.8, 4) is 0 Å². The minimum atomic E-state index is -0.0871. The summed E-state index contributed by atoms with van der Waals surface area (Å²) in [4.78, 5) is 18.2. The van der Waals surface area contributed by atoms with Crippen molar-refractivity contribution in [2.24, 2.45) is 4.99 Å². The third kappa shape index (κ3) is 3.25. The van der Waals surface area contributed by atoms with Gasteiger partial charge in [0.05, 0.1) is 10.6 Å². The summed E-state index contributed by atoms with van der Waals surface area (Å²) >= 11 is 2.99. The molecular weight excluding hydrogens is 300 g/mol. The summed E-state index contributed by atoms with van der Waals surface area (Å²) in [5, 5.41) is 5.43. The fourth-order valence-electron chi connectivity index (χ4n) is 1.90. The third-order valence-electron chi connectivity index (χ3n) is 3.19. The van der Waals surface area contributed by atoms with Crippen LogP contribution >= 0.6 is 23.1 Å². The first-order valence-corrected chi connectivity index (χ1v) is 8.22. The second kappa shape index (κ2) is 5.87. The van der Waals surface area contributed by atoms with Gasteiger partial charge in [0.25, 0.3) is 5.91 Å². The fraction of sp³-hybridized carbons (Fsp3) is 0.125. The number of benzene rings is 1. The quantitative estimate of drug-likeness (QED) is 0.842. The van der Waals surface area contributed by atoms with Gasteiger partial charge in [0, 0.05) is 4.88 Å². The lowest BCUT2D eigenvalue weighted by atomic mass is 10.1. The van der Waals surface area contributed by atoms with E-state index in [1.54, 1.807) is 11.3 Å². The Labute approximate surface area is 131 Å². The molecule has 0 atom stereocenters. The summed E-state index contributed by atoms with van der Waals surface area (Å²) < 4.78 is 0. The first kappa shape index (κ1) is 14.1. The topological polar surface area (TPSA) is 41.5 Å². The standard InChI is InChI=1S/C16H14N2OS2/c1-10-5-6-12(8-11(10)2)17-16-18-15(19)14(21-16)9-13-4-3-7-20-13/h3-9H,1-2H3,(H,17,18,19)/b14-9+. The number of thioether (sulfide) groups is 1. The number of nitrogens with one attached hydrogen (secondary N) is 1. The number of thiophene rings is 1. The van der Waals surface area contributed by atoms with Crippen molar-refractivity contribution in [1.82, 2.24) is 5.32 Å². The van der Waals surface area contributed by atoms with Gasteiger partial charge in [0.1, 0.15) is 0 Å². The monoisotopic (exact) mass is 314 g/mol. The van der Waals surface area contributed by atoms with E-state index in [0.29, 0.717) is 10.1 Å². The van der Waals surface area contributed by atoms with Crippen LogP contribution in [-0.4, -0.2) is 11.1 Å². The number of carbonyl (C=O) groups is 1. The van der Waals surface area contributed by atoms with E-state index in [-0.39, 0.29) is 5.91 Å². The Morgan fingerprint density at radius 2 is 2.05 bits per heavy atom. The summed E-state index contributed by atoms with van der Waals surface area (Å²) in [6.45, 7) is 4.13. The Bertz CT molecular complexity index is 746. The van der Waals surface area contributed by atoms with Crippen LogP contribution in [0.5, 0.6) is 0 Å². The van der Waals surface area contributed by atoms with Crippen LogP contribution in [0.2, 0.25) is 0 Å². The lowest BCUT2D eigenvalue weighted by Crippen LogP contribution is -2.19. The summed E-state index contributed by atoms with van der Waals surface area (Å²) in [6, 6.07) is 9.99. The highest BCUT2D eigenvalue weighted by Crippen LogP contribution is 2.29. The van der Waals surface area contributed by atoms with Crippen molar-refractivity contribution in [2.45, 2.75) is 13.8 Å². The molecule has 3 nitrogen and oxygen atoms in total. The van der Waals surface area contributed by atoms with Crippen molar-refractivity contribution < 1.29 is 4.79 Å². The number of amides is 1. The van der Waals surface area contributed by atoms with Gasteiger partial charge in [-0.25, -0.2) is 4.99 Å². The van der Waals surface area contributed by atoms with Crippen molar-refractivity contribution in [1.29, 1.82) is 0 Å². The van der Waals surface area contributed by atoms with E-state index >= 15 is 0 Å². The average Bonchev–Trinajstić information content (AvgIpc) is 3.06. The Morgan fingerprint density at radius 1 is 1.19 bits per heavy atom. The average molecular weight is 314 g/mol. The molecule has 3 rings (SSSR count). The zero-order valence-corrected chi connectivity index (χ0v) is 13.3. The second-order valence-corrected chi connectivity index (χ2v) is 6.78. The minimum absolute atomic E-state index is 0.0871. The summed E-state index contributed by atoms with van der Waals surface area (Å²) in [7, 11) is 0. The number of hydrogen-bond acceptors (Lipinski definition) is 4. The molecule has 2 heterocycles. The lowest BCUT2D eigenvalue weighted by molar-refractivity contribution is -0.115. The van der Waals surface area contributed by atoms with Crippen LogP contribution < -0.4 is 5.32 Å². The highest BCUT2D eigenvalue weighted by Gasteiger charge is 2.23. The Morgan fingerprint density at radius 3 is 2.76 bits per heavy atom. The van der Waals surface area contributed by atoms with Gasteiger partial charge in [0.2, 0.25) is 0 Å². The van der Waals surface area contributed by atoms with Crippen molar-refractivity contribution in [2.75, 3.05) is 0 Å². The van der Waals surface area contributed by atoms with Crippen LogP contribution in [0.25, 0.3) is 6.08 Å².